The summed E-state index contributed by atoms with van der Waals surface area (Å²) in [6.07, 6.45) is 2.07. The summed E-state index contributed by atoms with van der Waals surface area (Å²) in [6, 6.07) is 3.97. The monoisotopic (exact) mass is 344 g/mol. The SMILES string of the molecule is O=C1CCCC(O)=C1C(c1ccc(O)c(O)c1)C1C(=O)CCCC1=O. The van der Waals surface area contributed by atoms with E-state index in [2.05, 4.69) is 0 Å². The first kappa shape index (κ1) is 17.2. The molecule has 6 heteroatoms. The molecule has 0 aromatic heterocycles. The fraction of sp³-hybridized carbons (Fsp3) is 0.421. The summed E-state index contributed by atoms with van der Waals surface area (Å²) >= 11 is 0. The van der Waals surface area contributed by atoms with Gasteiger partial charge in [-0.3, -0.25) is 14.4 Å². The van der Waals surface area contributed by atoms with Crippen molar-refractivity contribution in [3.8, 4) is 11.5 Å². The number of benzene rings is 1. The zero-order chi connectivity index (χ0) is 18.1. The highest BCUT2D eigenvalue weighted by atomic mass is 16.3. The van der Waals surface area contributed by atoms with Crippen molar-refractivity contribution in [2.45, 2.75) is 44.4 Å². The average molecular weight is 344 g/mol. The van der Waals surface area contributed by atoms with Gasteiger partial charge in [-0.1, -0.05) is 6.07 Å². The second kappa shape index (κ2) is 6.70. The number of Topliss-reactive ketones (excluding diaryl/α,β-unsaturated/α-hetero) is 3. The molecule has 1 atom stereocenters. The molecule has 0 heterocycles. The quantitative estimate of drug-likeness (QED) is 0.574. The number of aliphatic hydroxyl groups excluding tert-OH is 1. The van der Waals surface area contributed by atoms with Crippen molar-refractivity contribution in [2.24, 2.45) is 5.92 Å². The Labute approximate surface area is 144 Å². The fourth-order valence-electron chi connectivity index (χ4n) is 3.76. The van der Waals surface area contributed by atoms with Gasteiger partial charge in [-0.05, 0) is 30.5 Å². The van der Waals surface area contributed by atoms with E-state index in [-0.39, 0.29) is 53.7 Å². The van der Waals surface area contributed by atoms with Crippen molar-refractivity contribution in [3.05, 3.63) is 35.1 Å². The normalized spacial score (nSPS) is 20.9. The molecule has 0 spiro atoms. The van der Waals surface area contributed by atoms with Gasteiger partial charge in [0, 0.05) is 37.2 Å². The number of hydrogen-bond donors (Lipinski definition) is 3. The number of carbonyl (C=O) groups excluding carboxylic acids is 3. The molecule has 0 saturated heterocycles. The van der Waals surface area contributed by atoms with Gasteiger partial charge in [0.1, 0.15) is 11.6 Å². The Bertz CT molecular complexity index is 760. The first-order valence-corrected chi connectivity index (χ1v) is 8.42. The van der Waals surface area contributed by atoms with E-state index in [0.29, 0.717) is 24.8 Å². The number of aromatic hydroxyl groups is 2. The smallest absolute Gasteiger partial charge is 0.162 e. The van der Waals surface area contributed by atoms with Crippen LogP contribution in [0.1, 0.15) is 50.0 Å². The van der Waals surface area contributed by atoms with Crippen molar-refractivity contribution in [2.75, 3.05) is 0 Å². The summed E-state index contributed by atoms with van der Waals surface area (Å²) < 4.78 is 0. The lowest BCUT2D eigenvalue weighted by Gasteiger charge is -2.31. The number of carbonyl (C=O) groups is 3. The lowest BCUT2D eigenvalue weighted by atomic mass is 9.69. The van der Waals surface area contributed by atoms with Crippen LogP contribution in [0.2, 0.25) is 0 Å². The molecule has 25 heavy (non-hydrogen) atoms. The molecular weight excluding hydrogens is 324 g/mol. The molecule has 0 amide bonds. The van der Waals surface area contributed by atoms with Gasteiger partial charge >= 0.3 is 0 Å². The van der Waals surface area contributed by atoms with E-state index in [1.54, 1.807) is 0 Å². The Hall–Kier alpha value is -2.63. The first-order chi connectivity index (χ1) is 11.9. The van der Waals surface area contributed by atoms with Gasteiger partial charge in [-0.2, -0.15) is 0 Å². The Balaban J connectivity index is 2.17. The maximum atomic E-state index is 12.5. The van der Waals surface area contributed by atoms with Crippen molar-refractivity contribution in [1.82, 2.24) is 0 Å². The third-order valence-corrected chi connectivity index (χ3v) is 4.97. The van der Waals surface area contributed by atoms with Gasteiger partial charge in [-0.25, -0.2) is 0 Å². The lowest BCUT2D eigenvalue weighted by Crippen LogP contribution is -2.37. The van der Waals surface area contributed by atoms with Gasteiger partial charge in [0.15, 0.2) is 17.3 Å². The van der Waals surface area contributed by atoms with Crippen LogP contribution in [0.3, 0.4) is 0 Å². The highest BCUT2D eigenvalue weighted by Crippen LogP contribution is 2.43. The van der Waals surface area contributed by atoms with Gasteiger partial charge in [0.2, 0.25) is 0 Å². The van der Waals surface area contributed by atoms with Crippen LogP contribution in [-0.4, -0.2) is 32.7 Å². The number of allylic oxidation sites excluding steroid dienone is 2. The highest BCUT2D eigenvalue weighted by molar-refractivity contribution is 6.08. The van der Waals surface area contributed by atoms with Crippen LogP contribution in [0.15, 0.2) is 29.5 Å². The maximum absolute atomic E-state index is 12.5. The molecule has 1 aromatic rings. The predicted molar refractivity (Wildman–Crippen MR) is 88.4 cm³/mol. The van der Waals surface area contributed by atoms with E-state index in [1.165, 1.54) is 18.2 Å². The number of rotatable bonds is 3. The largest absolute Gasteiger partial charge is 0.512 e. The molecule has 1 saturated carbocycles. The second-order valence-electron chi connectivity index (χ2n) is 6.63. The van der Waals surface area contributed by atoms with E-state index < -0.39 is 17.6 Å². The highest BCUT2D eigenvalue weighted by Gasteiger charge is 2.43. The number of aliphatic hydroxyl groups is 1. The Morgan fingerprint density at radius 1 is 0.840 bits per heavy atom. The Morgan fingerprint density at radius 3 is 2.08 bits per heavy atom. The summed E-state index contributed by atoms with van der Waals surface area (Å²) in [5.41, 5.74) is 0.450. The van der Waals surface area contributed by atoms with Crippen molar-refractivity contribution in [1.29, 1.82) is 0 Å². The molecule has 2 aliphatic rings. The van der Waals surface area contributed by atoms with Crippen LogP contribution in [0, 0.1) is 5.92 Å². The third-order valence-electron chi connectivity index (χ3n) is 4.97. The van der Waals surface area contributed by atoms with Crippen LogP contribution in [0.4, 0.5) is 0 Å². The molecule has 3 N–H and O–H groups in total. The maximum Gasteiger partial charge on any atom is 0.162 e. The first-order valence-electron chi connectivity index (χ1n) is 8.42. The summed E-state index contributed by atoms with van der Waals surface area (Å²) in [5, 5.41) is 29.7. The summed E-state index contributed by atoms with van der Waals surface area (Å²) in [4.78, 5) is 37.4. The average Bonchev–Trinajstić information content (AvgIpc) is 2.55. The van der Waals surface area contributed by atoms with Crippen LogP contribution in [0.5, 0.6) is 11.5 Å². The van der Waals surface area contributed by atoms with E-state index >= 15 is 0 Å². The van der Waals surface area contributed by atoms with E-state index in [9.17, 15) is 29.7 Å². The van der Waals surface area contributed by atoms with Gasteiger partial charge in [0.25, 0.3) is 0 Å². The van der Waals surface area contributed by atoms with Crippen molar-refractivity contribution >= 4 is 17.3 Å². The minimum absolute atomic E-state index is 0.0879. The zero-order valence-corrected chi connectivity index (χ0v) is 13.7. The lowest BCUT2D eigenvalue weighted by molar-refractivity contribution is -0.136. The molecule has 0 aliphatic heterocycles. The van der Waals surface area contributed by atoms with E-state index in [0.717, 1.165) is 0 Å². The number of hydrogen-bond acceptors (Lipinski definition) is 6. The van der Waals surface area contributed by atoms with Gasteiger partial charge in [-0.15, -0.1) is 0 Å². The number of phenols is 2. The van der Waals surface area contributed by atoms with Crippen LogP contribution in [-0.2, 0) is 14.4 Å². The number of phenolic OH excluding ortho intramolecular Hbond substituents is 2. The van der Waals surface area contributed by atoms with Crippen LogP contribution >= 0.6 is 0 Å². The molecule has 132 valence electrons. The molecule has 0 bridgehead atoms. The summed E-state index contributed by atoms with van der Waals surface area (Å²) in [6.45, 7) is 0. The molecule has 6 nitrogen and oxygen atoms in total. The fourth-order valence-corrected chi connectivity index (χ4v) is 3.76. The van der Waals surface area contributed by atoms with Gasteiger partial charge < -0.3 is 15.3 Å². The van der Waals surface area contributed by atoms with Crippen molar-refractivity contribution in [3.63, 3.8) is 0 Å². The van der Waals surface area contributed by atoms with Gasteiger partial charge in [0.05, 0.1) is 11.7 Å². The molecule has 3 rings (SSSR count). The predicted octanol–water partition coefficient (Wildman–Crippen LogP) is 2.68. The summed E-state index contributed by atoms with van der Waals surface area (Å²) in [5.74, 6) is -3.61. The second-order valence-corrected chi connectivity index (χ2v) is 6.63. The Morgan fingerprint density at radius 2 is 1.48 bits per heavy atom. The van der Waals surface area contributed by atoms with E-state index in [4.69, 9.17) is 0 Å². The zero-order valence-electron chi connectivity index (χ0n) is 13.7. The molecule has 1 aromatic carbocycles. The molecular formula is C19H20O6. The molecule has 1 fully saturated rings. The minimum atomic E-state index is -1.04. The molecule has 1 unspecified atom stereocenters. The molecule has 0 radical (unpaired) electrons. The number of ketones is 3. The Kier molecular flexibility index (Phi) is 4.61. The summed E-state index contributed by atoms with van der Waals surface area (Å²) in [7, 11) is 0. The molecule has 2 aliphatic carbocycles. The van der Waals surface area contributed by atoms with Crippen LogP contribution in [0.25, 0.3) is 0 Å². The van der Waals surface area contributed by atoms with E-state index in [1.807, 2.05) is 0 Å². The topological polar surface area (TPSA) is 112 Å². The van der Waals surface area contributed by atoms with Crippen molar-refractivity contribution < 1.29 is 29.7 Å². The minimum Gasteiger partial charge on any atom is -0.512 e. The van der Waals surface area contributed by atoms with Crippen LogP contribution < -0.4 is 0 Å². The third kappa shape index (κ3) is 3.16. The standard InChI is InChI=1S/C19H20O6/c20-11-8-7-10(9-16(11)25)17(18-12(21)3-1-4-13(18)22)19-14(23)5-2-6-15(19)24/h7-9,17-18,20,23,25H,1-6H2.